The van der Waals surface area contributed by atoms with Crippen LogP contribution in [0.15, 0.2) is 101 Å². The van der Waals surface area contributed by atoms with Crippen molar-refractivity contribution in [3.05, 3.63) is 114 Å². The Balaban J connectivity index is 1.67. The number of carbonyl (C=O) groups is 1. The van der Waals surface area contributed by atoms with Crippen LogP contribution in [-0.4, -0.2) is 26.3 Å². The Morgan fingerprint density at radius 3 is 2.34 bits per heavy atom. The van der Waals surface area contributed by atoms with Crippen LogP contribution in [0.5, 0.6) is 5.75 Å². The minimum absolute atomic E-state index is 0.121. The Bertz CT molecular complexity index is 1380. The van der Waals surface area contributed by atoms with Crippen molar-refractivity contribution in [2.45, 2.75) is 24.9 Å². The number of anilines is 1. The van der Waals surface area contributed by atoms with Crippen molar-refractivity contribution in [2.75, 3.05) is 11.8 Å². The van der Waals surface area contributed by atoms with E-state index in [1.165, 1.54) is 19.2 Å². The van der Waals surface area contributed by atoms with Crippen molar-refractivity contribution in [3.63, 3.8) is 0 Å². The number of hydrogen-bond donors (Lipinski definition) is 1. The van der Waals surface area contributed by atoms with Gasteiger partial charge >= 0.3 is 0 Å². The van der Waals surface area contributed by atoms with Crippen molar-refractivity contribution >= 4 is 21.6 Å². The van der Waals surface area contributed by atoms with Gasteiger partial charge in [-0.05, 0) is 55.0 Å². The molecule has 0 unspecified atom stereocenters. The van der Waals surface area contributed by atoms with Gasteiger partial charge in [-0.25, -0.2) is 8.42 Å². The summed E-state index contributed by atoms with van der Waals surface area (Å²) >= 11 is 0. The van der Waals surface area contributed by atoms with Crippen LogP contribution in [-0.2, 0) is 23.1 Å². The molecule has 0 fully saturated rings. The van der Waals surface area contributed by atoms with E-state index in [2.05, 4.69) is 4.72 Å². The highest BCUT2D eigenvalue weighted by molar-refractivity contribution is 7.92. The lowest BCUT2D eigenvalue weighted by Gasteiger charge is -2.23. The average Bonchev–Trinajstić information content (AvgIpc) is 3.38. The molecular weight excluding hydrogens is 464 g/mol. The second-order valence-corrected chi connectivity index (χ2v) is 9.71. The molecule has 7 nitrogen and oxygen atoms in total. The van der Waals surface area contributed by atoms with Gasteiger partial charge in [-0.2, -0.15) is 0 Å². The molecule has 1 aromatic heterocycles. The lowest BCUT2D eigenvalue weighted by Crippen LogP contribution is -2.30. The summed E-state index contributed by atoms with van der Waals surface area (Å²) in [6, 6.07) is 24.5. The van der Waals surface area contributed by atoms with E-state index in [4.69, 9.17) is 9.15 Å². The number of aryl methyl sites for hydroxylation is 1. The SMILES string of the molecule is COc1ccc(C(=O)N(Cc2ccccc2)Cc2ccco2)cc1S(=O)(=O)Nc1ccc(C)cc1. The molecule has 1 N–H and O–H groups in total. The van der Waals surface area contributed by atoms with Crippen molar-refractivity contribution in [1.29, 1.82) is 0 Å². The quantitative estimate of drug-likeness (QED) is 0.347. The van der Waals surface area contributed by atoms with E-state index in [1.54, 1.807) is 41.5 Å². The summed E-state index contributed by atoms with van der Waals surface area (Å²) in [5.41, 5.74) is 2.58. The fourth-order valence-electron chi connectivity index (χ4n) is 3.63. The number of rotatable bonds is 9. The molecule has 0 aliphatic carbocycles. The van der Waals surface area contributed by atoms with Gasteiger partial charge in [0.2, 0.25) is 0 Å². The normalized spacial score (nSPS) is 11.1. The molecule has 35 heavy (non-hydrogen) atoms. The van der Waals surface area contributed by atoms with Crippen LogP contribution >= 0.6 is 0 Å². The zero-order chi connectivity index (χ0) is 24.8. The molecule has 180 valence electrons. The molecule has 1 amide bonds. The average molecular weight is 491 g/mol. The molecule has 8 heteroatoms. The summed E-state index contributed by atoms with van der Waals surface area (Å²) in [6.07, 6.45) is 1.55. The summed E-state index contributed by atoms with van der Waals surface area (Å²) in [5, 5.41) is 0. The van der Waals surface area contributed by atoms with Crippen LogP contribution in [0.25, 0.3) is 0 Å². The third-order valence-corrected chi connectivity index (χ3v) is 6.84. The van der Waals surface area contributed by atoms with Crippen LogP contribution in [0.4, 0.5) is 5.69 Å². The minimum Gasteiger partial charge on any atom is -0.495 e. The molecule has 3 aromatic carbocycles. The first-order valence-electron chi connectivity index (χ1n) is 11.0. The number of nitrogens with one attached hydrogen (secondary N) is 1. The standard InChI is InChI=1S/C27H26N2O5S/c1-20-10-13-23(14-11-20)28-35(31,32)26-17-22(12-15-25(26)33-2)27(30)29(19-24-9-6-16-34-24)18-21-7-4-3-5-8-21/h3-17,28H,18-19H2,1-2H3. The molecule has 0 bridgehead atoms. The molecule has 0 radical (unpaired) electrons. The molecule has 1 heterocycles. The molecule has 0 atom stereocenters. The monoisotopic (exact) mass is 490 g/mol. The zero-order valence-electron chi connectivity index (χ0n) is 19.5. The van der Waals surface area contributed by atoms with Crippen molar-refractivity contribution in [3.8, 4) is 5.75 Å². The summed E-state index contributed by atoms with van der Waals surface area (Å²) in [7, 11) is -2.63. The van der Waals surface area contributed by atoms with Crippen LogP contribution < -0.4 is 9.46 Å². The molecule has 0 saturated carbocycles. The number of amides is 1. The first-order valence-corrected chi connectivity index (χ1v) is 12.5. The summed E-state index contributed by atoms with van der Waals surface area (Å²) < 4.78 is 39.8. The summed E-state index contributed by atoms with van der Waals surface area (Å²) in [5.74, 6) is 0.429. The fourth-order valence-corrected chi connectivity index (χ4v) is 4.88. The lowest BCUT2D eigenvalue weighted by atomic mass is 10.1. The molecule has 0 saturated heterocycles. The molecular formula is C27H26N2O5S. The molecule has 0 aliphatic rings. The van der Waals surface area contributed by atoms with E-state index in [1.807, 2.05) is 49.4 Å². The van der Waals surface area contributed by atoms with Gasteiger partial charge in [0.15, 0.2) is 0 Å². The Morgan fingerprint density at radius 2 is 1.69 bits per heavy atom. The highest BCUT2D eigenvalue weighted by Gasteiger charge is 2.24. The van der Waals surface area contributed by atoms with E-state index >= 15 is 0 Å². The molecule has 0 spiro atoms. The molecule has 0 aliphatic heterocycles. The van der Waals surface area contributed by atoms with Crippen molar-refractivity contribution < 1.29 is 22.4 Å². The predicted octanol–water partition coefficient (Wildman–Crippen LogP) is 5.24. The Kier molecular flexibility index (Phi) is 7.22. The highest BCUT2D eigenvalue weighted by Crippen LogP contribution is 2.28. The number of methoxy groups -OCH3 is 1. The van der Waals surface area contributed by atoms with Gasteiger partial charge in [0, 0.05) is 17.8 Å². The van der Waals surface area contributed by atoms with Gasteiger partial charge in [-0.1, -0.05) is 48.0 Å². The van der Waals surface area contributed by atoms with E-state index in [-0.39, 0.29) is 28.7 Å². The second-order valence-electron chi connectivity index (χ2n) is 8.06. The summed E-state index contributed by atoms with van der Waals surface area (Å²) in [4.78, 5) is 15.1. The van der Waals surface area contributed by atoms with Crippen LogP contribution in [0.2, 0.25) is 0 Å². The lowest BCUT2D eigenvalue weighted by molar-refractivity contribution is 0.0717. The van der Waals surface area contributed by atoms with Crippen LogP contribution in [0, 0.1) is 6.92 Å². The predicted molar refractivity (Wildman–Crippen MR) is 134 cm³/mol. The molecule has 4 aromatic rings. The smallest absolute Gasteiger partial charge is 0.265 e. The van der Waals surface area contributed by atoms with Crippen LogP contribution in [0.3, 0.4) is 0 Å². The van der Waals surface area contributed by atoms with E-state index in [0.717, 1.165) is 11.1 Å². The number of hydrogen-bond acceptors (Lipinski definition) is 5. The van der Waals surface area contributed by atoms with Gasteiger partial charge < -0.3 is 14.1 Å². The van der Waals surface area contributed by atoms with E-state index in [0.29, 0.717) is 18.0 Å². The van der Waals surface area contributed by atoms with Crippen molar-refractivity contribution in [2.24, 2.45) is 0 Å². The van der Waals surface area contributed by atoms with Gasteiger partial charge in [-0.15, -0.1) is 0 Å². The largest absolute Gasteiger partial charge is 0.495 e. The number of sulfonamides is 1. The highest BCUT2D eigenvalue weighted by atomic mass is 32.2. The maximum atomic E-state index is 13.6. The minimum atomic E-state index is -4.02. The number of carbonyl (C=O) groups excluding carboxylic acids is 1. The van der Waals surface area contributed by atoms with Gasteiger partial charge in [0.25, 0.3) is 15.9 Å². The van der Waals surface area contributed by atoms with Crippen molar-refractivity contribution in [1.82, 2.24) is 4.90 Å². The first kappa shape index (κ1) is 24.1. The number of benzene rings is 3. The summed E-state index contributed by atoms with van der Waals surface area (Å²) in [6.45, 7) is 2.48. The Hall–Kier alpha value is -4.04. The third-order valence-electron chi connectivity index (χ3n) is 5.43. The first-order chi connectivity index (χ1) is 16.9. The third kappa shape index (κ3) is 5.91. The zero-order valence-corrected chi connectivity index (χ0v) is 20.3. The number of furan rings is 1. The van der Waals surface area contributed by atoms with Gasteiger partial charge in [-0.3, -0.25) is 9.52 Å². The van der Waals surface area contributed by atoms with E-state index < -0.39 is 10.0 Å². The van der Waals surface area contributed by atoms with Gasteiger partial charge in [0.05, 0.1) is 19.9 Å². The van der Waals surface area contributed by atoms with Gasteiger partial charge in [0.1, 0.15) is 16.4 Å². The van der Waals surface area contributed by atoms with E-state index in [9.17, 15) is 13.2 Å². The Labute approximate surface area is 205 Å². The fraction of sp³-hybridized carbons (Fsp3) is 0.148. The number of nitrogens with zero attached hydrogens (tertiary/aromatic N) is 1. The number of ether oxygens (including phenoxy) is 1. The maximum Gasteiger partial charge on any atom is 0.265 e. The Morgan fingerprint density at radius 1 is 0.943 bits per heavy atom. The van der Waals surface area contributed by atoms with Crippen LogP contribution in [0.1, 0.15) is 27.2 Å². The molecule has 4 rings (SSSR count). The maximum absolute atomic E-state index is 13.6. The topological polar surface area (TPSA) is 88.8 Å². The second kappa shape index (κ2) is 10.5.